The van der Waals surface area contributed by atoms with Crippen molar-refractivity contribution in [3.8, 4) is 11.1 Å². The van der Waals surface area contributed by atoms with E-state index in [1.807, 2.05) is 66.7 Å². The molecule has 1 aliphatic rings. The Morgan fingerprint density at radius 1 is 0.792 bits per heavy atom. The molecule has 4 heteroatoms. The number of fused-ring (bicyclic) bond motifs is 1. The van der Waals surface area contributed by atoms with Gasteiger partial charge in [0, 0.05) is 16.3 Å². The zero-order chi connectivity index (χ0) is 16.5. The maximum atomic E-state index is 12.3. The Hall–Kier alpha value is -2.78. The van der Waals surface area contributed by atoms with E-state index in [-0.39, 0.29) is 12.1 Å². The molecular formula is C20H15ClN2O. The molecule has 1 heterocycles. The molecule has 24 heavy (non-hydrogen) atoms. The third-order valence-electron chi connectivity index (χ3n) is 4.16. The monoisotopic (exact) mass is 334 g/mol. The summed E-state index contributed by atoms with van der Waals surface area (Å²) in [6.45, 7) is 0. The molecule has 118 valence electrons. The second-order valence-corrected chi connectivity index (χ2v) is 6.11. The number of hydrogen-bond acceptors (Lipinski definition) is 2. The van der Waals surface area contributed by atoms with Gasteiger partial charge >= 0.3 is 0 Å². The van der Waals surface area contributed by atoms with Crippen LogP contribution in [0.15, 0.2) is 72.8 Å². The molecule has 0 saturated heterocycles. The molecule has 0 bridgehead atoms. The Labute approximate surface area is 145 Å². The van der Waals surface area contributed by atoms with Gasteiger partial charge in [-0.15, -0.1) is 0 Å². The van der Waals surface area contributed by atoms with Gasteiger partial charge < -0.3 is 10.6 Å². The minimum Gasteiger partial charge on any atom is -0.361 e. The van der Waals surface area contributed by atoms with Crippen molar-refractivity contribution < 1.29 is 4.79 Å². The summed E-state index contributed by atoms with van der Waals surface area (Å²) in [6, 6.07) is 23.3. The lowest BCUT2D eigenvalue weighted by Crippen LogP contribution is -2.38. The van der Waals surface area contributed by atoms with Gasteiger partial charge in [-0.1, -0.05) is 66.2 Å². The lowest BCUT2D eigenvalue weighted by molar-refractivity contribution is 0.0935. The first-order valence-corrected chi connectivity index (χ1v) is 8.11. The highest BCUT2D eigenvalue weighted by molar-refractivity contribution is 6.33. The van der Waals surface area contributed by atoms with Gasteiger partial charge in [-0.25, -0.2) is 0 Å². The Morgan fingerprint density at radius 2 is 1.54 bits per heavy atom. The van der Waals surface area contributed by atoms with Crippen LogP contribution in [0.5, 0.6) is 0 Å². The van der Waals surface area contributed by atoms with Crippen molar-refractivity contribution in [3.05, 3.63) is 88.9 Å². The summed E-state index contributed by atoms with van der Waals surface area (Å²) in [4.78, 5) is 12.3. The lowest BCUT2D eigenvalue weighted by atomic mass is 10.0. The average Bonchev–Trinajstić information content (AvgIpc) is 2.62. The molecule has 0 radical (unpaired) electrons. The van der Waals surface area contributed by atoms with Gasteiger partial charge in [0.2, 0.25) is 0 Å². The molecule has 3 nitrogen and oxygen atoms in total. The Balaban J connectivity index is 1.67. The van der Waals surface area contributed by atoms with Crippen LogP contribution in [-0.4, -0.2) is 5.91 Å². The minimum atomic E-state index is -0.297. The fourth-order valence-corrected chi connectivity index (χ4v) is 3.23. The third kappa shape index (κ3) is 2.63. The molecule has 0 aromatic heterocycles. The summed E-state index contributed by atoms with van der Waals surface area (Å²) in [6.07, 6.45) is -0.297. The summed E-state index contributed by atoms with van der Waals surface area (Å²) in [5, 5.41) is 6.97. The topological polar surface area (TPSA) is 41.1 Å². The first-order chi connectivity index (χ1) is 11.7. The summed E-state index contributed by atoms with van der Waals surface area (Å²) in [5.41, 5.74) is 4.45. The predicted molar refractivity (Wildman–Crippen MR) is 97.2 cm³/mol. The quantitative estimate of drug-likeness (QED) is 0.702. The number of amides is 1. The van der Waals surface area contributed by atoms with Gasteiger partial charge in [-0.2, -0.15) is 0 Å². The summed E-state index contributed by atoms with van der Waals surface area (Å²) in [7, 11) is 0. The molecule has 4 rings (SSSR count). The number of halogens is 1. The van der Waals surface area contributed by atoms with Crippen molar-refractivity contribution >= 4 is 23.2 Å². The van der Waals surface area contributed by atoms with E-state index in [1.54, 1.807) is 6.07 Å². The molecule has 0 spiro atoms. The summed E-state index contributed by atoms with van der Waals surface area (Å²) in [5.74, 6) is -0.0855. The lowest BCUT2D eigenvalue weighted by Gasteiger charge is -2.28. The second-order valence-electron chi connectivity index (χ2n) is 5.70. The average molecular weight is 335 g/mol. The highest BCUT2D eigenvalue weighted by Gasteiger charge is 2.24. The number of rotatable bonds is 2. The van der Waals surface area contributed by atoms with E-state index in [0.717, 1.165) is 22.4 Å². The van der Waals surface area contributed by atoms with Crippen LogP contribution < -0.4 is 10.6 Å². The Kier molecular flexibility index (Phi) is 3.71. The standard InChI is InChI=1S/C20H15ClN2O/c21-17-12-14(10-11-15(17)13-6-2-1-3-7-13)19-22-18-9-5-4-8-16(18)20(24)23-19/h1-12,19,22H,(H,23,24). The normalized spacial score (nSPS) is 16.0. The number of nitrogens with one attached hydrogen (secondary N) is 2. The van der Waals surface area contributed by atoms with E-state index >= 15 is 0 Å². The maximum absolute atomic E-state index is 12.3. The minimum absolute atomic E-state index is 0.0855. The fourth-order valence-electron chi connectivity index (χ4n) is 2.94. The number of carbonyl (C=O) groups is 1. The molecule has 1 amide bonds. The Morgan fingerprint density at radius 3 is 2.33 bits per heavy atom. The highest BCUT2D eigenvalue weighted by atomic mass is 35.5. The molecule has 0 fully saturated rings. The van der Waals surface area contributed by atoms with Gasteiger partial charge in [0.1, 0.15) is 6.17 Å². The van der Waals surface area contributed by atoms with Crippen LogP contribution in [0.3, 0.4) is 0 Å². The molecule has 1 aliphatic heterocycles. The van der Waals surface area contributed by atoms with Gasteiger partial charge in [-0.3, -0.25) is 4.79 Å². The molecule has 1 unspecified atom stereocenters. The number of para-hydroxylation sites is 1. The van der Waals surface area contributed by atoms with Crippen LogP contribution in [0.1, 0.15) is 22.1 Å². The highest BCUT2D eigenvalue weighted by Crippen LogP contribution is 2.32. The molecule has 3 aromatic rings. The third-order valence-corrected chi connectivity index (χ3v) is 4.47. The number of benzene rings is 3. The summed E-state index contributed by atoms with van der Waals surface area (Å²) >= 11 is 6.48. The van der Waals surface area contributed by atoms with E-state index in [2.05, 4.69) is 10.6 Å². The number of carbonyl (C=O) groups excluding carboxylic acids is 1. The van der Waals surface area contributed by atoms with E-state index in [9.17, 15) is 4.79 Å². The molecule has 0 aliphatic carbocycles. The van der Waals surface area contributed by atoms with Gasteiger partial charge in [-0.05, 0) is 29.3 Å². The van der Waals surface area contributed by atoms with Crippen molar-refractivity contribution in [1.82, 2.24) is 5.32 Å². The van der Waals surface area contributed by atoms with Crippen molar-refractivity contribution in [2.45, 2.75) is 6.17 Å². The largest absolute Gasteiger partial charge is 0.361 e. The Bertz CT molecular complexity index is 909. The van der Waals surface area contributed by atoms with Crippen molar-refractivity contribution in [3.63, 3.8) is 0 Å². The van der Waals surface area contributed by atoms with E-state index < -0.39 is 0 Å². The molecule has 2 N–H and O–H groups in total. The van der Waals surface area contributed by atoms with Crippen LogP contribution in [-0.2, 0) is 0 Å². The summed E-state index contributed by atoms with van der Waals surface area (Å²) < 4.78 is 0. The molecule has 0 saturated carbocycles. The van der Waals surface area contributed by atoms with Crippen molar-refractivity contribution in [2.75, 3.05) is 5.32 Å². The zero-order valence-corrected chi connectivity index (χ0v) is 13.5. The first-order valence-electron chi connectivity index (χ1n) is 7.74. The van der Waals surface area contributed by atoms with Crippen LogP contribution in [0.4, 0.5) is 5.69 Å². The SMILES string of the molecule is O=C1NC(c2ccc(-c3ccccc3)c(Cl)c2)Nc2ccccc21. The molecular weight excluding hydrogens is 320 g/mol. The van der Waals surface area contributed by atoms with Gasteiger partial charge in [0.15, 0.2) is 0 Å². The molecule has 3 aromatic carbocycles. The van der Waals surface area contributed by atoms with Crippen LogP contribution >= 0.6 is 11.6 Å². The predicted octanol–water partition coefficient (Wildman–Crippen LogP) is 4.86. The maximum Gasteiger partial charge on any atom is 0.255 e. The second kappa shape index (κ2) is 6.02. The fraction of sp³-hybridized carbons (Fsp3) is 0.0500. The van der Waals surface area contributed by atoms with Gasteiger partial charge in [0.05, 0.1) is 5.56 Å². The van der Waals surface area contributed by atoms with Crippen LogP contribution in [0.25, 0.3) is 11.1 Å². The first kappa shape index (κ1) is 14.8. The number of anilines is 1. The van der Waals surface area contributed by atoms with Crippen molar-refractivity contribution in [2.24, 2.45) is 0 Å². The van der Waals surface area contributed by atoms with E-state index in [0.29, 0.717) is 10.6 Å². The van der Waals surface area contributed by atoms with E-state index in [4.69, 9.17) is 11.6 Å². The zero-order valence-electron chi connectivity index (χ0n) is 12.8. The van der Waals surface area contributed by atoms with Crippen LogP contribution in [0.2, 0.25) is 5.02 Å². The molecule has 1 atom stereocenters. The smallest absolute Gasteiger partial charge is 0.255 e. The van der Waals surface area contributed by atoms with Crippen LogP contribution in [0, 0.1) is 0 Å². The van der Waals surface area contributed by atoms with Crippen molar-refractivity contribution in [1.29, 1.82) is 0 Å². The number of hydrogen-bond donors (Lipinski definition) is 2. The van der Waals surface area contributed by atoms with Gasteiger partial charge in [0.25, 0.3) is 5.91 Å². The van der Waals surface area contributed by atoms with E-state index in [1.165, 1.54) is 0 Å².